The van der Waals surface area contributed by atoms with Crippen LogP contribution in [0.25, 0.3) is 0 Å². The number of hydrogen-bond donors (Lipinski definition) is 0. The minimum Gasteiger partial charge on any atom is -0.489 e. The Morgan fingerprint density at radius 1 is 1.04 bits per heavy atom. The molecule has 28 heavy (non-hydrogen) atoms. The number of aromatic nitrogens is 1. The fourth-order valence-electron chi connectivity index (χ4n) is 2.52. The van der Waals surface area contributed by atoms with Crippen molar-refractivity contribution in [2.75, 3.05) is 20.2 Å². The molecule has 0 radical (unpaired) electrons. The van der Waals surface area contributed by atoms with Crippen LogP contribution in [0.2, 0.25) is 0 Å². The average Bonchev–Trinajstić information content (AvgIpc) is 2.74. The second-order valence-electron chi connectivity index (χ2n) is 6.18. The van der Waals surface area contributed by atoms with E-state index in [1.807, 2.05) is 12.1 Å². The first-order valence-electron chi connectivity index (χ1n) is 8.88. The molecule has 0 bridgehead atoms. The van der Waals surface area contributed by atoms with Gasteiger partial charge in [0.1, 0.15) is 19.0 Å². The van der Waals surface area contributed by atoms with Crippen LogP contribution in [0.15, 0.2) is 73.1 Å². The summed E-state index contributed by atoms with van der Waals surface area (Å²) in [5, 5.41) is 0. The topological polar surface area (TPSA) is 51.7 Å². The van der Waals surface area contributed by atoms with Crippen LogP contribution in [0.1, 0.15) is 15.9 Å². The Bertz CT molecular complexity index is 901. The molecule has 0 saturated heterocycles. The molecule has 1 amide bonds. The van der Waals surface area contributed by atoms with E-state index in [-0.39, 0.29) is 18.3 Å². The quantitative estimate of drug-likeness (QED) is 0.594. The number of carbonyl (C=O) groups excluding carboxylic acids is 1. The molecular weight excluding hydrogens is 359 g/mol. The number of hydrogen-bond acceptors (Lipinski definition) is 4. The van der Waals surface area contributed by atoms with Gasteiger partial charge in [-0.2, -0.15) is 0 Å². The molecule has 1 heterocycles. The van der Waals surface area contributed by atoms with Crippen molar-refractivity contribution in [1.82, 2.24) is 9.88 Å². The number of likely N-dealkylation sites (N-methyl/N-ethyl adjacent to an activating group) is 1. The predicted molar refractivity (Wildman–Crippen MR) is 104 cm³/mol. The van der Waals surface area contributed by atoms with Gasteiger partial charge in [-0.3, -0.25) is 9.78 Å². The molecule has 0 unspecified atom stereocenters. The number of ether oxygens (including phenoxy) is 2. The first-order valence-corrected chi connectivity index (χ1v) is 8.88. The first-order chi connectivity index (χ1) is 13.6. The summed E-state index contributed by atoms with van der Waals surface area (Å²) in [5.74, 6) is 0.290. The Hall–Kier alpha value is -3.41. The van der Waals surface area contributed by atoms with Crippen molar-refractivity contribution in [3.8, 4) is 11.5 Å². The molecule has 6 heteroatoms. The molecule has 0 atom stereocenters. The zero-order valence-electron chi connectivity index (χ0n) is 15.5. The molecule has 0 saturated carbocycles. The molecule has 0 fully saturated rings. The van der Waals surface area contributed by atoms with Gasteiger partial charge in [-0.05, 0) is 42.5 Å². The van der Waals surface area contributed by atoms with Crippen molar-refractivity contribution in [3.05, 3.63) is 90.0 Å². The monoisotopic (exact) mass is 380 g/mol. The molecule has 0 N–H and O–H groups in total. The number of rotatable bonds is 8. The van der Waals surface area contributed by atoms with E-state index in [0.717, 1.165) is 5.56 Å². The fraction of sp³-hybridized carbons (Fsp3) is 0.182. The van der Waals surface area contributed by atoms with Gasteiger partial charge in [0.15, 0.2) is 11.6 Å². The maximum absolute atomic E-state index is 13.5. The minimum atomic E-state index is -0.418. The summed E-state index contributed by atoms with van der Waals surface area (Å²) in [7, 11) is 1.68. The summed E-state index contributed by atoms with van der Waals surface area (Å²) in [6, 6.07) is 16.9. The van der Waals surface area contributed by atoms with Crippen molar-refractivity contribution in [3.63, 3.8) is 0 Å². The summed E-state index contributed by atoms with van der Waals surface area (Å²) in [6.45, 7) is 0.955. The molecule has 0 spiro atoms. The van der Waals surface area contributed by atoms with Gasteiger partial charge in [0, 0.05) is 30.6 Å². The zero-order chi connectivity index (χ0) is 19.8. The van der Waals surface area contributed by atoms with Crippen LogP contribution >= 0.6 is 0 Å². The number of amides is 1. The second kappa shape index (κ2) is 9.50. The Labute approximate surface area is 163 Å². The van der Waals surface area contributed by atoms with Crippen molar-refractivity contribution in [2.45, 2.75) is 6.61 Å². The van der Waals surface area contributed by atoms with Crippen LogP contribution in [0.3, 0.4) is 0 Å². The van der Waals surface area contributed by atoms with Gasteiger partial charge in [0.25, 0.3) is 5.91 Å². The normalized spacial score (nSPS) is 10.4. The van der Waals surface area contributed by atoms with Gasteiger partial charge in [0.05, 0.1) is 6.54 Å². The Morgan fingerprint density at radius 2 is 1.82 bits per heavy atom. The SMILES string of the molecule is CN(CCOc1ccccc1F)C(=O)c1ccc(OCc2cccnc2)cc1. The van der Waals surface area contributed by atoms with Crippen LogP contribution in [-0.4, -0.2) is 36.0 Å². The third-order valence-electron chi connectivity index (χ3n) is 4.10. The molecular formula is C22H21FN2O3. The minimum absolute atomic E-state index is 0.143. The zero-order valence-corrected chi connectivity index (χ0v) is 15.5. The van der Waals surface area contributed by atoms with Crippen LogP contribution in [0.4, 0.5) is 4.39 Å². The Morgan fingerprint density at radius 3 is 2.54 bits per heavy atom. The highest BCUT2D eigenvalue weighted by molar-refractivity contribution is 5.94. The smallest absolute Gasteiger partial charge is 0.253 e. The van der Waals surface area contributed by atoms with Gasteiger partial charge in [-0.15, -0.1) is 0 Å². The van der Waals surface area contributed by atoms with E-state index < -0.39 is 5.82 Å². The summed E-state index contributed by atoms with van der Waals surface area (Å²) < 4.78 is 24.6. The lowest BCUT2D eigenvalue weighted by atomic mass is 10.2. The molecule has 3 rings (SSSR count). The van der Waals surface area contributed by atoms with E-state index in [0.29, 0.717) is 24.5 Å². The summed E-state index contributed by atoms with van der Waals surface area (Å²) >= 11 is 0. The highest BCUT2D eigenvalue weighted by Crippen LogP contribution is 2.16. The van der Waals surface area contributed by atoms with E-state index in [1.165, 1.54) is 11.0 Å². The molecule has 5 nitrogen and oxygen atoms in total. The van der Waals surface area contributed by atoms with Crippen LogP contribution in [-0.2, 0) is 6.61 Å². The van der Waals surface area contributed by atoms with Gasteiger partial charge < -0.3 is 14.4 Å². The summed E-state index contributed by atoms with van der Waals surface area (Å²) in [4.78, 5) is 18.1. The lowest BCUT2D eigenvalue weighted by molar-refractivity contribution is 0.0773. The van der Waals surface area contributed by atoms with E-state index in [1.54, 1.807) is 61.9 Å². The molecule has 144 valence electrons. The second-order valence-corrected chi connectivity index (χ2v) is 6.18. The Kier molecular flexibility index (Phi) is 6.57. The van der Waals surface area contributed by atoms with Crippen molar-refractivity contribution < 1.29 is 18.7 Å². The predicted octanol–water partition coefficient (Wildman–Crippen LogP) is 3.95. The summed E-state index contributed by atoms with van der Waals surface area (Å²) in [6.07, 6.45) is 3.46. The molecule has 3 aromatic rings. The number of nitrogens with zero attached hydrogens (tertiary/aromatic N) is 2. The van der Waals surface area contributed by atoms with Crippen LogP contribution < -0.4 is 9.47 Å². The third-order valence-corrected chi connectivity index (χ3v) is 4.10. The first kappa shape index (κ1) is 19.4. The number of benzene rings is 2. The van der Waals surface area contributed by atoms with Crippen LogP contribution in [0.5, 0.6) is 11.5 Å². The highest BCUT2D eigenvalue weighted by atomic mass is 19.1. The van der Waals surface area contributed by atoms with Crippen molar-refractivity contribution >= 4 is 5.91 Å². The van der Waals surface area contributed by atoms with Gasteiger partial charge >= 0.3 is 0 Å². The van der Waals surface area contributed by atoms with E-state index in [9.17, 15) is 9.18 Å². The molecule has 2 aromatic carbocycles. The van der Waals surface area contributed by atoms with Crippen LogP contribution in [0, 0.1) is 5.82 Å². The standard InChI is InChI=1S/C22H21FN2O3/c1-25(13-14-27-21-7-3-2-6-20(21)23)22(26)18-8-10-19(11-9-18)28-16-17-5-4-12-24-15-17/h2-12,15H,13-14,16H2,1H3. The number of para-hydroxylation sites is 1. The van der Waals surface area contributed by atoms with Gasteiger partial charge in [-0.1, -0.05) is 18.2 Å². The van der Waals surface area contributed by atoms with Gasteiger partial charge in [0.2, 0.25) is 0 Å². The van der Waals surface area contributed by atoms with Gasteiger partial charge in [-0.25, -0.2) is 4.39 Å². The summed E-state index contributed by atoms with van der Waals surface area (Å²) in [5.41, 5.74) is 1.51. The number of pyridine rings is 1. The fourth-order valence-corrected chi connectivity index (χ4v) is 2.52. The van der Waals surface area contributed by atoms with E-state index in [2.05, 4.69) is 4.98 Å². The largest absolute Gasteiger partial charge is 0.489 e. The van der Waals surface area contributed by atoms with Crippen molar-refractivity contribution in [1.29, 1.82) is 0 Å². The van der Waals surface area contributed by atoms with Crippen molar-refractivity contribution in [2.24, 2.45) is 0 Å². The maximum Gasteiger partial charge on any atom is 0.253 e. The lowest BCUT2D eigenvalue weighted by Gasteiger charge is -2.18. The lowest BCUT2D eigenvalue weighted by Crippen LogP contribution is -2.30. The molecule has 0 aliphatic carbocycles. The molecule has 0 aliphatic heterocycles. The third kappa shape index (κ3) is 5.30. The number of carbonyl (C=O) groups is 1. The maximum atomic E-state index is 13.5. The number of halogens is 1. The van der Waals surface area contributed by atoms with E-state index >= 15 is 0 Å². The molecule has 0 aliphatic rings. The average molecular weight is 380 g/mol. The molecule has 1 aromatic heterocycles. The van der Waals surface area contributed by atoms with E-state index in [4.69, 9.17) is 9.47 Å². The Balaban J connectivity index is 1.48. The highest BCUT2D eigenvalue weighted by Gasteiger charge is 2.12.